The van der Waals surface area contributed by atoms with Gasteiger partial charge in [-0.25, -0.2) is 10.9 Å². The minimum absolute atomic E-state index is 0.119. The maximum absolute atomic E-state index is 12.0. The molecule has 0 radical (unpaired) electrons. The predicted molar refractivity (Wildman–Crippen MR) is 67.8 cm³/mol. The standard InChI is InChI=1S/C12H13N5O/c18-12-9(11-14-16-17-15-11)6-7-10(13-12)8-4-2-1-3-5-8/h1-7,11,14-17H,(H,13,18). The van der Waals surface area contributed by atoms with Crippen LogP contribution >= 0.6 is 0 Å². The lowest BCUT2D eigenvalue weighted by Crippen LogP contribution is -2.33. The van der Waals surface area contributed by atoms with E-state index >= 15 is 0 Å². The molecule has 1 aliphatic heterocycles. The maximum Gasteiger partial charge on any atom is 0.254 e. The number of hydrogen-bond donors (Lipinski definition) is 5. The summed E-state index contributed by atoms with van der Waals surface area (Å²) in [4.78, 5) is 14.9. The topological polar surface area (TPSA) is 81.0 Å². The molecule has 0 saturated carbocycles. The molecule has 0 atom stereocenters. The lowest BCUT2D eigenvalue weighted by atomic mass is 10.1. The van der Waals surface area contributed by atoms with E-state index < -0.39 is 0 Å². The first-order valence-electron chi connectivity index (χ1n) is 5.64. The Morgan fingerprint density at radius 1 is 0.889 bits per heavy atom. The number of H-pyrrole nitrogens is 1. The van der Waals surface area contributed by atoms with Crippen molar-refractivity contribution in [3.05, 3.63) is 58.4 Å². The van der Waals surface area contributed by atoms with Crippen molar-refractivity contribution >= 4 is 0 Å². The molecule has 1 aliphatic rings. The van der Waals surface area contributed by atoms with Crippen LogP contribution in [0.1, 0.15) is 11.7 Å². The molecule has 0 unspecified atom stereocenters. The number of hydrogen-bond acceptors (Lipinski definition) is 5. The summed E-state index contributed by atoms with van der Waals surface area (Å²) in [6, 6.07) is 13.4. The monoisotopic (exact) mass is 243 g/mol. The van der Waals surface area contributed by atoms with Crippen LogP contribution in [0.2, 0.25) is 0 Å². The Kier molecular flexibility index (Phi) is 2.91. The maximum atomic E-state index is 12.0. The summed E-state index contributed by atoms with van der Waals surface area (Å²) in [7, 11) is 0. The van der Waals surface area contributed by atoms with Crippen molar-refractivity contribution in [2.24, 2.45) is 0 Å². The van der Waals surface area contributed by atoms with Gasteiger partial charge in [0.15, 0.2) is 0 Å². The fourth-order valence-corrected chi connectivity index (χ4v) is 1.91. The summed E-state index contributed by atoms with van der Waals surface area (Å²) in [5.41, 5.74) is 13.4. The van der Waals surface area contributed by atoms with Crippen molar-refractivity contribution in [2.45, 2.75) is 6.17 Å². The second-order valence-electron chi connectivity index (χ2n) is 3.99. The Hall–Kier alpha value is -1.99. The van der Waals surface area contributed by atoms with Gasteiger partial charge >= 0.3 is 0 Å². The summed E-state index contributed by atoms with van der Waals surface area (Å²) < 4.78 is 0. The Bertz CT molecular complexity index is 589. The normalized spacial score (nSPS) is 16.0. The molecule has 0 spiro atoms. The minimum Gasteiger partial charge on any atom is -0.322 e. The van der Waals surface area contributed by atoms with E-state index in [-0.39, 0.29) is 11.7 Å². The van der Waals surface area contributed by atoms with Crippen LogP contribution in [0.25, 0.3) is 11.3 Å². The molecular formula is C12H13N5O. The van der Waals surface area contributed by atoms with E-state index in [0.29, 0.717) is 5.56 Å². The quantitative estimate of drug-likeness (QED) is 0.519. The molecule has 0 amide bonds. The highest BCUT2D eigenvalue weighted by atomic mass is 16.1. The van der Waals surface area contributed by atoms with E-state index in [1.54, 1.807) is 6.07 Å². The molecule has 0 aliphatic carbocycles. The fraction of sp³-hybridized carbons (Fsp3) is 0.0833. The first-order chi connectivity index (χ1) is 8.84. The van der Waals surface area contributed by atoms with Crippen LogP contribution in [0.3, 0.4) is 0 Å². The highest BCUT2D eigenvalue weighted by molar-refractivity contribution is 5.58. The molecule has 92 valence electrons. The minimum atomic E-state index is -0.251. The number of rotatable bonds is 2. The van der Waals surface area contributed by atoms with Gasteiger partial charge in [0, 0.05) is 5.69 Å². The number of aromatic nitrogens is 1. The van der Waals surface area contributed by atoms with Crippen LogP contribution in [-0.2, 0) is 0 Å². The Balaban J connectivity index is 1.96. The summed E-state index contributed by atoms with van der Waals surface area (Å²) in [6.45, 7) is 0. The Morgan fingerprint density at radius 2 is 1.61 bits per heavy atom. The van der Waals surface area contributed by atoms with E-state index in [0.717, 1.165) is 11.3 Å². The number of nitrogens with one attached hydrogen (secondary N) is 5. The molecule has 18 heavy (non-hydrogen) atoms. The molecule has 1 saturated heterocycles. The molecule has 2 aromatic rings. The van der Waals surface area contributed by atoms with Gasteiger partial charge in [-0.15, -0.1) is 0 Å². The van der Waals surface area contributed by atoms with Gasteiger partial charge in [0.05, 0.1) is 5.56 Å². The molecule has 2 heterocycles. The highest BCUT2D eigenvalue weighted by Gasteiger charge is 2.18. The number of aromatic amines is 1. The molecule has 1 fully saturated rings. The second-order valence-corrected chi connectivity index (χ2v) is 3.99. The van der Waals surface area contributed by atoms with E-state index in [4.69, 9.17) is 0 Å². The van der Waals surface area contributed by atoms with Crippen LogP contribution in [0.4, 0.5) is 0 Å². The molecule has 1 aromatic carbocycles. The second kappa shape index (κ2) is 4.71. The first kappa shape index (κ1) is 11.1. The Labute approximate surface area is 103 Å². The molecular weight excluding hydrogens is 230 g/mol. The van der Waals surface area contributed by atoms with Crippen molar-refractivity contribution in [1.29, 1.82) is 0 Å². The van der Waals surface area contributed by atoms with Crippen LogP contribution < -0.4 is 27.5 Å². The van der Waals surface area contributed by atoms with Gasteiger partial charge in [-0.3, -0.25) is 4.79 Å². The third-order valence-electron chi connectivity index (χ3n) is 2.83. The first-order valence-corrected chi connectivity index (χ1v) is 5.64. The van der Waals surface area contributed by atoms with Gasteiger partial charge in [0.25, 0.3) is 5.56 Å². The van der Waals surface area contributed by atoms with Crippen LogP contribution in [0, 0.1) is 0 Å². The van der Waals surface area contributed by atoms with Gasteiger partial charge < -0.3 is 4.98 Å². The highest BCUT2D eigenvalue weighted by Crippen LogP contribution is 2.15. The number of benzene rings is 1. The van der Waals surface area contributed by atoms with Gasteiger partial charge in [0.2, 0.25) is 0 Å². The molecule has 1 aromatic heterocycles. The van der Waals surface area contributed by atoms with E-state index in [1.807, 2.05) is 36.4 Å². The van der Waals surface area contributed by atoms with E-state index in [9.17, 15) is 4.79 Å². The largest absolute Gasteiger partial charge is 0.322 e. The lowest BCUT2D eigenvalue weighted by molar-refractivity contribution is 0.549. The third-order valence-corrected chi connectivity index (χ3v) is 2.83. The molecule has 3 rings (SSSR count). The molecule has 6 heteroatoms. The molecule has 5 N–H and O–H groups in total. The van der Waals surface area contributed by atoms with Gasteiger partial charge in [-0.05, 0) is 17.7 Å². The SMILES string of the molecule is O=c1[nH]c(-c2ccccc2)ccc1C1NNNN1. The smallest absolute Gasteiger partial charge is 0.254 e. The van der Waals surface area contributed by atoms with Crippen molar-refractivity contribution in [1.82, 2.24) is 26.9 Å². The lowest BCUT2D eigenvalue weighted by Gasteiger charge is -2.09. The van der Waals surface area contributed by atoms with Gasteiger partial charge in [-0.1, -0.05) is 30.3 Å². The van der Waals surface area contributed by atoms with Crippen LogP contribution in [0.5, 0.6) is 0 Å². The van der Waals surface area contributed by atoms with E-state index in [1.165, 1.54) is 0 Å². The summed E-state index contributed by atoms with van der Waals surface area (Å²) >= 11 is 0. The van der Waals surface area contributed by atoms with Crippen LogP contribution in [-0.4, -0.2) is 4.98 Å². The van der Waals surface area contributed by atoms with Crippen molar-refractivity contribution < 1.29 is 0 Å². The van der Waals surface area contributed by atoms with Crippen molar-refractivity contribution in [3.8, 4) is 11.3 Å². The average molecular weight is 243 g/mol. The van der Waals surface area contributed by atoms with E-state index in [2.05, 4.69) is 26.9 Å². The average Bonchev–Trinajstić information content (AvgIpc) is 2.93. The summed E-state index contributed by atoms with van der Waals surface area (Å²) in [5, 5.41) is 0. The molecule has 6 nitrogen and oxygen atoms in total. The molecule has 0 bridgehead atoms. The van der Waals surface area contributed by atoms with Crippen molar-refractivity contribution in [3.63, 3.8) is 0 Å². The fourth-order valence-electron chi connectivity index (χ4n) is 1.91. The third kappa shape index (κ3) is 2.05. The van der Waals surface area contributed by atoms with Gasteiger partial charge in [0.1, 0.15) is 6.17 Å². The summed E-state index contributed by atoms with van der Waals surface area (Å²) in [6.07, 6.45) is -0.251. The van der Waals surface area contributed by atoms with Crippen molar-refractivity contribution in [2.75, 3.05) is 0 Å². The van der Waals surface area contributed by atoms with Crippen LogP contribution in [0.15, 0.2) is 47.3 Å². The predicted octanol–water partition coefficient (Wildman–Crippen LogP) is 0.157. The zero-order valence-electron chi connectivity index (χ0n) is 9.53. The van der Waals surface area contributed by atoms with Gasteiger partial charge in [-0.2, -0.15) is 11.1 Å². The Morgan fingerprint density at radius 3 is 2.28 bits per heavy atom. The zero-order valence-corrected chi connectivity index (χ0v) is 9.53. The number of hydrazine groups is 3. The summed E-state index contributed by atoms with van der Waals surface area (Å²) in [5.74, 6) is 0. The zero-order chi connectivity index (χ0) is 12.4. The number of pyridine rings is 1.